The zero-order valence-corrected chi connectivity index (χ0v) is 11.1. The fraction of sp³-hybridized carbons (Fsp3) is 0.0625. The maximum absolute atomic E-state index is 13.2. The summed E-state index contributed by atoms with van der Waals surface area (Å²) >= 11 is 0. The van der Waals surface area contributed by atoms with E-state index in [1.807, 2.05) is 0 Å². The van der Waals surface area contributed by atoms with Crippen LogP contribution in [0.2, 0.25) is 0 Å². The van der Waals surface area contributed by atoms with Crippen molar-refractivity contribution in [2.75, 3.05) is 0 Å². The molecular weight excluding hydrogens is 298 g/mol. The van der Waals surface area contributed by atoms with E-state index < -0.39 is 17.6 Å². The minimum atomic E-state index is -4.42. The Bertz CT molecular complexity index is 847. The van der Waals surface area contributed by atoms with Crippen LogP contribution in [-0.2, 0) is 6.18 Å². The molecule has 0 radical (unpaired) electrons. The van der Waals surface area contributed by atoms with Crippen LogP contribution in [0.5, 0.6) is 0 Å². The van der Waals surface area contributed by atoms with Crippen molar-refractivity contribution in [3.63, 3.8) is 0 Å². The van der Waals surface area contributed by atoms with Gasteiger partial charge in [0.15, 0.2) is 6.29 Å². The Labute approximate surface area is 122 Å². The van der Waals surface area contributed by atoms with Crippen LogP contribution in [0.25, 0.3) is 16.6 Å². The maximum Gasteiger partial charge on any atom is 0.416 e. The molecule has 2 nitrogen and oxygen atoms in total. The first-order chi connectivity index (χ1) is 10.4. The van der Waals surface area contributed by atoms with Crippen molar-refractivity contribution in [3.8, 4) is 5.69 Å². The fourth-order valence-electron chi connectivity index (χ4n) is 2.38. The Balaban J connectivity index is 2.19. The molecule has 0 saturated heterocycles. The van der Waals surface area contributed by atoms with E-state index in [9.17, 15) is 22.4 Å². The lowest BCUT2D eigenvalue weighted by Gasteiger charge is -2.10. The highest BCUT2D eigenvalue weighted by atomic mass is 19.4. The standard InChI is InChI=1S/C16H9F4NO/c17-12-3-6-15-10(7-12)8-14(9-22)21(15)13-4-1-11(2-5-13)16(18,19)20/h1-9H. The number of nitrogens with zero attached hydrogens (tertiary/aromatic N) is 1. The average molecular weight is 307 g/mol. The van der Waals surface area contributed by atoms with E-state index in [1.54, 1.807) is 0 Å². The topological polar surface area (TPSA) is 22.0 Å². The van der Waals surface area contributed by atoms with Gasteiger partial charge in [0, 0.05) is 11.1 Å². The van der Waals surface area contributed by atoms with Crippen LogP contribution >= 0.6 is 0 Å². The second-order valence-electron chi connectivity index (χ2n) is 4.77. The molecule has 1 heterocycles. The molecule has 22 heavy (non-hydrogen) atoms. The molecule has 0 aliphatic heterocycles. The van der Waals surface area contributed by atoms with Gasteiger partial charge in [0.1, 0.15) is 5.82 Å². The second kappa shape index (κ2) is 4.98. The van der Waals surface area contributed by atoms with E-state index in [4.69, 9.17) is 0 Å². The van der Waals surface area contributed by atoms with E-state index >= 15 is 0 Å². The largest absolute Gasteiger partial charge is 0.416 e. The number of alkyl halides is 3. The molecule has 3 rings (SSSR count). The minimum absolute atomic E-state index is 0.236. The van der Waals surface area contributed by atoms with Crippen LogP contribution in [0.15, 0.2) is 48.5 Å². The average Bonchev–Trinajstić information content (AvgIpc) is 2.84. The number of carbonyl (C=O) groups is 1. The molecule has 0 amide bonds. The van der Waals surface area contributed by atoms with Gasteiger partial charge in [-0.2, -0.15) is 13.2 Å². The van der Waals surface area contributed by atoms with E-state index in [0.29, 0.717) is 22.9 Å². The monoisotopic (exact) mass is 307 g/mol. The first kappa shape index (κ1) is 14.3. The summed E-state index contributed by atoms with van der Waals surface area (Å²) in [7, 11) is 0. The van der Waals surface area contributed by atoms with Crippen LogP contribution in [0.3, 0.4) is 0 Å². The van der Waals surface area contributed by atoms with Crippen LogP contribution in [0, 0.1) is 5.82 Å². The van der Waals surface area contributed by atoms with E-state index in [2.05, 4.69) is 0 Å². The number of halogens is 4. The highest BCUT2D eigenvalue weighted by Crippen LogP contribution is 2.31. The highest BCUT2D eigenvalue weighted by molar-refractivity contribution is 5.90. The number of hydrogen-bond acceptors (Lipinski definition) is 1. The van der Waals surface area contributed by atoms with Crippen molar-refractivity contribution < 1.29 is 22.4 Å². The molecule has 0 N–H and O–H groups in total. The van der Waals surface area contributed by atoms with Gasteiger partial charge < -0.3 is 4.57 Å². The summed E-state index contributed by atoms with van der Waals surface area (Å²) in [6, 6.07) is 9.91. The van der Waals surface area contributed by atoms with Crippen LogP contribution in [0.1, 0.15) is 16.1 Å². The number of carbonyl (C=O) groups excluding carboxylic acids is 1. The number of aromatic nitrogens is 1. The third kappa shape index (κ3) is 2.36. The van der Waals surface area contributed by atoms with E-state index in [0.717, 1.165) is 12.1 Å². The first-order valence-electron chi connectivity index (χ1n) is 6.34. The molecule has 0 fully saturated rings. The predicted molar refractivity (Wildman–Crippen MR) is 73.6 cm³/mol. The lowest BCUT2D eigenvalue weighted by molar-refractivity contribution is -0.137. The van der Waals surface area contributed by atoms with Gasteiger partial charge in [-0.15, -0.1) is 0 Å². The Morgan fingerprint density at radius 1 is 0.955 bits per heavy atom. The van der Waals surface area contributed by atoms with Gasteiger partial charge in [-0.1, -0.05) is 0 Å². The minimum Gasteiger partial charge on any atom is -0.307 e. The van der Waals surface area contributed by atoms with E-state index in [-0.39, 0.29) is 5.69 Å². The molecule has 2 aromatic carbocycles. The number of hydrogen-bond donors (Lipinski definition) is 0. The molecule has 0 saturated carbocycles. The lowest BCUT2D eigenvalue weighted by atomic mass is 10.2. The van der Waals surface area contributed by atoms with Gasteiger partial charge in [-0.25, -0.2) is 4.39 Å². The van der Waals surface area contributed by atoms with Crippen molar-refractivity contribution in [1.82, 2.24) is 4.57 Å². The van der Waals surface area contributed by atoms with Gasteiger partial charge in [-0.05, 0) is 48.5 Å². The summed E-state index contributed by atoms with van der Waals surface area (Å²) in [6.45, 7) is 0. The molecule has 3 aromatic rings. The molecule has 0 unspecified atom stereocenters. The molecule has 0 atom stereocenters. The highest BCUT2D eigenvalue weighted by Gasteiger charge is 2.30. The number of fused-ring (bicyclic) bond motifs is 1. The Morgan fingerprint density at radius 2 is 1.64 bits per heavy atom. The Morgan fingerprint density at radius 3 is 2.23 bits per heavy atom. The molecule has 6 heteroatoms. The smallest absolute Gasteiger partial charge is 0.307 e. The predicted octanol–water partition coefficient (Wildman–Crippen LogP) is 4.60. The first-order valence-corrected chi connectivity index (χ1v) is 6.34. The zero-order chi connectivity index (χ0) is 15.9. The van der Waals surface area contributed by atoms with Gasteiger partial charge in [0.2, 0.25) is 0 Å². The zero-order valence-electron chi connectivity index (χ0n) is 11.1. The number of rotatable bonds is 2. The summed E-state index contributed by atoms with van der Waals surface area (Å²) in [5.74, 6) is -0.450. The summed E-state index contributed by atoms with van der Waals surface area (Å²) in [6.07, 6.45) is -3.84. The van der Waals surface area contributed by atoms with Crippen molar-refractivity contribution in [3.05, 3.63) is 65.6 Å². The maximum atomic E-state index is 13.2. The molecule has 0 aliphatic carbocycles. The Hall–Kier alpha value is -2.63. The summed E-state index contributed by atoms with van der Waals surface area (Å²) < 4.78 is 52.5. The SMILES string of the molecule is O=Cc1cc2cc(F)ccc2n1-c1ccc(C(F)(F)F)cc1. The normalized spacial score (nSPS) is 11.8. The third-order valence-corrected chi connectivity index (χ3v) is 3.37. The van der Waals surface area contributed by atoms with Gasteiger partial charge in [0.05, 0.1) is 16.8 Å². The molecule has 0 bridgehead atoms. The molecule has 112 valence electrons. The van der Waals surface area contributed by atoms with Crippen LogP contribution < -0.4 is 0 Å². The van der Waals surface area contributed by atoms with Crippen molar-refractivity contribution >= 4 is 17.2 Å². The third-order valence-electron chi connectivity index (χ3n) is 3.37. The molecule has 0 aliphatic rings. The van der Waals surface area contributed by atoms with Crippen LogP contribution in [0.4, 0.5) is 17.6 Å². The lowest BCUT2D eigenvalue weighted by Crippen LogP contribution is -2.05. The summed E-state index contributed by atoms with van der Waals surface area (Å²) in [5, 5.41) is 0.502. The summed E-state index contributed by atoms with van der Waals surface area (Å²) in [4.78, 5) is 11.2. The van der Waals surface area contributed by atoms with Crippen molar-refractivity contribution in [2.24, 2.45) is 0 Å². The Kier molecular flexibility index (Phi) is 3.24. The van der Waals surface area contributed by atoms with E-state index in [1.165, 1.54) is 41.0 Å². The number of benzene rings is 2. The summed E-state index contributed by atoms with van der Waals surface area (Å²) in [5.41, 5.74) is 0.409. The number of aldehydes is 1. The molecule has 1 aromatic heterocycles. The van der Waals surface area contributed by atoms with Crippen molar-refractivity contribution in [2.45, 2.75) is 6.18 Å². The van der Waals surface area contributed by atoms with Crippen molar-refractivity contribution in [1.29, 1.82) is 0 Å². The fourth-order valence-corrected chi connectivity index (χ4v) is 2.38. The van der Waals surface area contributed by atoms with Gasteiger partial charge in [-0.3, -0.25) is 4.79 Å². The second-order valence-corrected chi connectivity index (χ2v) is 4.77. The molecular formula is C16H9F4NO. The van der Waals surface area contributed by atoms with Gasteiger partial charge in [0.25, 0.3) is 0 Å². The van der Waals surface area contributed by atoms with Gasteiger partial charge >= 0.3 is 6.18 Å². The van der Waals surface area contributed by atoms with Crippen LogP contribution in [-0.4, -0.2) is 10.9 Å². The molecule has 0 spiro atoms. The quantitative estimate of drug-likeness (QED) is 0.501.